The molecule has 0 spiro atoms. The zero-order valence-electron chi connectivity index (χ0n) is 12.2. The van der Waals surface area contributed by atoms with Crippen molar-refractivity contribution in [3.8, 4) is 0 Å². The molecule has 1 saturated heterocycles. The standard InChI is InChI=1S/C15H21ClFN3S/c1-2-13(15(18)21)20-8-6-19(7-9-20)10-11-4-3-5-12(16)14(11)17/h3-5,13H,2,6-10H2,1H3,(H2,18,21). The molecule has 1 unspecified atom stereocenters. The van der Waals surface area contributed by atoms with E-state index in [1.165, 1.54) is 0 Å². The van der Waals surface area contributed by atoms with Crippen molar-refractivity contribution in [2.75, 3.05) is 26.2 Å². The minimum atomic E-state index is -0.309. The van der Waals surface area contributed by atoms with E-state index < -0.39 is 0 Å². The Morgan fingerprint density at radius 3 is 2.62 bits per heavy atom. The van der Waals surface area contributed by atoms with Crippen LogP contribution >= 0.6 is 23.8 Å². The van der Waals surface area contributed by atoms with Gasteiger partial charge in [-0.1, -0.05) is 42.9 Å². The average molecular weight is 330 g/mol. The smallest absolute Gasteiger partial charge is 0.146 e. The van der Waals surface area contributed by atoms with E-state index in [1.807, 2.05) is 0 Å². The van der Waals surface area contributed by atoms with Crippen molar-refractivity contribution in [3.63, 3.8) is 0 Å². The van der Waals surface area contributed by atoms with Crippen LogP contribution in [0.5, 0.6) is 0 Å². The largest absolute Gasteiger partial charge is 0.392 e. The number of benzene rings is 1. The Kier molecular flexibility index (Phi) is 5.93. The Hall–Kier alpha value is -0.750. The van der Waals surface area contributed by atoms with Gasteiger partial charge in [-0.25, -0.2) is 4.39 Å². The van der Waals surface area contributed by atoms with Crippen molar-refractivity contribution < 1.29 is 4.39 Å². The first-order valence-corrected chi connectivity index (χ1v) is 8.00. The third kappa shape index (κ3) is 4.13. The molecule has 116 valence electrons. The zero-order chi connectivity index (χ0) is 15.4. The molecule has 1 aliphatic heterocycles. The van der Waals surface area contributed by atoms with Gasteiger partial charge in [-0.05, 0) is 12.5 Å². The first-order valence-electron chi connectivity index (χ1n) is 7.21. The van der Waals surface area contributed by atoms with Gasteiger partial charge in [0.05, 0.1) is 16.1 Å². The van der Waals surface area contributed by atoms with E-state index in [4.69, 9.17) is 29.6 Å². The van der Waals surface area contributed by atoms with Crippen LogP contribution in [0.25, 0.3) is 0 Å². The van der Waals surface area contributed by atoms with Gasteiger partial charge >= 0.3 is 0 Å². The lowest BCUT2D eigenvalue weighted by molar-refractivity contribution is 0.111. The molecular formula is C15H21ClFN3S. The lowest BCUT2D eigenvalue weighted by atomic mass is 10.1. The van der Waals surface area contributed by atoms with E-state index in [9.17, 15) is 4.39 Å². The molecule has 0 bridgehead atoms. The highest BCUT2D eigenvalue weighted by molar-refractivity contribution is 7.80. The Morgan fingerprint density at radius 1 is 1.38 bits per heavy atom. The summed E-state index contributed by atoms with van der Waals surface area (Å²) in [5.41, 5.74) is 6.44. The van der Waals surface area contributed by atoms with E-state index in [0.29, 0.717) is 17.1 Å². The molecule has 6 heteroatoms. The first-order chi connectivity index (χ1) is 10.0. The SMILES string of the molecule is CCC(C(N)=S)N1CCN(Cc2cccc(Cl)c2F)CC1. The first kappa shape index (κ1) is 16.6. The predicted octanol–water partition coefficient (Wildman–Crippen LogP) is 2.66. The Morgan fingerprint density at radius 2 is 2.05 bits per heavy atom. The Labute approximate surface area is 135 Å². The van der Waals surface area contributed by atoms with Crippen LogP contribution in [0.2, 0.25) is 5.02 Å². The molecule has 3 nitrogen and oxygen atoms in total. The van der Waals surface area contributed by atoms with Gasteiger partial charge in [-0.3, -0.25) is 9.80 Å². The summed E-state index contributed by atoms with van der Waals surface area (Å²) >= 11 is 10.9. The maximum atomic E-state index is 13.9. The van der Waals surface area contributed by atoms with E-state index in [-0.39, 0.29) is 16.9 Å². The molecule has 2 rings (SSSR count). The lowest BCUT2D eigenvalue weighted by Gasteiger charge is -2.38. The highest BCUT2D eigenvalue weighted by atomic mass is 35.5. The molecule has 0 radical (unpaired) electrons. The minimum Gasteiger partial charge on any atom is -0.392 e. The quantitative estimate of drug-likeness (QED) is 0.842. The third-order valence-corrected chi connectivity index (χ3v) is 4.55. The van der Waals surface area contributed by atoms with E-state index >= 15 is 0 Å². The number of rotatable bonds is 5. The molecule has 1 atom stereocenters. The van der Waals surface area contributed by atoms with Crippen LogP contribution in [0.1, 0.15) is 18.9 Å². The van der Waals surface area contributed by atoms with Gasteiger partial charge in [-0.2, -0.15) is 0 Å². The lowest BCUT2D eigenvalue weighted by Crippen LogP contribution is -2.53. The normalized spacial score (nSPS) is 18.6. The van der Waals surface area contributed by atoms with Gasteiger partial charge in [-0.15, -0.1) is 0 Å². The number of hydrogen-bond acceptors (Lipinski definition) is 3. The second kappa shape index (κ2) is 7.49. The molecule has 1 fully saturated rings. The minimum absolute atomic E-state index is 0.171. The highest BCUT2D eigenvalue weighted by Gasteiger charge is 2.24. The molecule has 1 heterocycles. The highest BCUT2D eigenvalue weighted by Crippen LogP contribution is 2.20. The van der Waals surface area contributed by atoms with Crippen LogP contribution in [0, 0.1) is 5.82 Å². The Balaban J connectivity index is 1.92. The zero-order valence-corrected chi connectivity index (χ0v) is 13.8. The van der Waals surface area contributed by atoms with Gasteiger partial charge in [0.2, 0.25) is 0 Å². The molecule has 21 heavy (non-hydrogen) atoms. The van der Waals surface area contributed by atoms with Crippen molar-refractivity contribution >= 4 is 28.8 Å². The molecule has 0 aliphatic carbocycles. The third-order valence-electron chi connectivity index (χ3n) is 3.99. The topological polar surface area (TPSA) is 32.5 Å². The van der Waals surface area contributed by atoms with E-state index in [0.717, 1.165) is 32.6 Å². The molecular weight excluding hydrogens is 309 g/mol. The Bertz CT molecular complexity index is 504. The summed E-state index contributed by atoms with van der Waals surface area (Å²) in [6.07, 6.45) is 0.929. The summed E-state index contributed by atoms with van der Waals surface area (Å²) in [6, 6.07) is 5.32. The van der Waals surface area contributed by atoms with Crippen molar-refractivity contribution in [1.82, 2.24) is 9.80 Å². The fraction of sp³-hybridized carbons (Fsp3) is 0.533. The van der Waals surface area contributed by atoms with Crippen LogP contribution in [0.4, 0.5) is 4.39 Å². The number of halogens is 2. The number of nitrogens with two attached hydrogens (primary N) is 1. The summed E-state index contributed by atoms with van der Waals surface area (Å²) in [5.74, 6) is -0.309. The van der Waals surface area contributed by atoms with Crippen LogP contribution < -0.4 is 5.73 Å². The number of piperazine rings is 1. The summed E-state index contributed by atoms with van der Waals surface area (Å²) in [5, 5.41) is 0.186. The molecule has 1 aliphatic rings. The van der Waals surface area contributed by atoms with E-state index in [1.54, 1.807) is 18.2 Å². The molecule has 1 aromatic rings. The van der Waals surface area contributed by atoms with Gasteiger partial charge in [0.25, 0.3) is 0 Å². The summed E-state index contributed by atoms with van der Waals surface area (Å²) in [4.78, 5) is 5.11. The summed E-state index contributed by atoms with van der Waals surface area (Å²) < 4.78 is 13.9. The van der Waals surface area contributed by atoms with Crippen LogP contribution in [0.15, 0.2) is 18.2 Å². The summed E-state index contributed by atoms with van der Waals surface area (Å²) in [6.45, 7) is 6.24. The molecule has 0 saturated carbocycles. The van der Waals surface area contributed by atoms with Crippen LogP contribution in [0.3, 0.4) is 0 Å². The van der Waals surface area contributed by atoms with Crippen LogP contribution in [-0.4, -0.2) is 47.0 Å². The van der Waals surface area contributed by atoms with Crippen molar-refractivity contribution in [2.24, 2.45) is 5.73 Å². The van der Waals surface area contributed by atoms with Crippen molar-refractivity contribution in [1.29, 1.82) is 0 Å². The predicted molar refractivity (Wildman–Crippen MR) is 89.1 cm³/mol. The molecule has 2 N–H and O–H groups in total. The number of hydrogen-bond donors (Lipinski definition) is 1. The van der Waals surface area contributed by atoms with Gasteiger partial charge in [0.1, 0.15) is 5.82 Å². The van der Waals surface area contributed by atoms with Crippen LogP contribution in [-0.2, 0) is 6.54 Å². The van der Waals surface area contributed by atoms with Gasteiger partial charge in [0.15, 0.2) is 0 Å². The maximum Gasteiger partial charge on any atom is 0.146 e. The molecule has 0 amide bonds. The number of nitrogens with zero attached hydrogens (tertiary/aromatic N) is 2. The number of thiocarbonyl (C=S) groups is 1. The average Bonchev–Trinajstić information content (AvgIpc) is 2.46. The second-order valence-corrected chi connectivity index (χ2v) is 6.23. The molecule has 1 aromatic carbocycles. The van der Waals surface area contributed by atoms with Crippen molar-refractivity contribution in [2.45, 2.75) is 25.9 Å². The summed E-state index contributed by atoms with van der Waals surface area (Å²) in [7, 11) is 0. The fourth-order valence-corrected chi connectivity index (χ4v) is 3.29. The van der Waals surface area contributed by atoms with Crippen molar-refractivity contribution in [3.05, 3.63) is 34.6 Å². The van der Waals surface area contributed by atoms with E-state index in [2.05, 4.69) is 16.7 Å². The van der Waals surface area contributed by atoms with Gasteiger partial charge in [0, 0.05) is 38.3 Å². The molecule has 0 aromatic heterocycles. The fourth-order valence-electron chi connectivity index (χ4n) is 2.78. The van der Waals surface area contributed by atoms with Gasteiger partial charge < -0.3 is 5.73 Å². The second-order valence-electron chi connectivity index (χ2n) is 5.35. The maximum absolute atomic E-state index is 13.9. The monoisotopic (exact) mass is 329 g/mol.